The summed E-state index contributed by atoms with van der Waals surface area (Å²) in [6, 6.07) is 5.26. The summed E-state index contributed by atoms with van der Waals surface area (Å²) < 4.78 is 17.3. The summed E-state index contributed by atoms with van der Waals surface area (Å²) in [6.45, 7) is 4.94. The van der Waals surface area contributed by atoms with E-state index in [0.717, 1.165) is 20.8 Å². The normalized spacial score (nSPS) is 15.8. The number of H-pyrrole nitrogens is 1. The number of nitrogens with zero attached hydrogens (tertiary/aromatic N) is 3. The SMILES string of the molecule is CCn1c(=O)[nH]c2cc(CC3(F)CCN(c4ccc(C(=O)NC)nc4C)CC3)sc2c1=O. The van der Waals surface area contributed by atoms with Gasteiger partial charge in [0.2, 0.25) is 0 Å². The van der Waals surface area contributed by atoms with Crippen molar-refractivity contribution in [1.29, 1.82) is 0 Å². The van der Waals surface area contributed by atoms with Gasteiger partial charge in [-0.25, -0.2) is 14.2 Å². The first kappa shape index (κ1) is 22.2. The maximum absolute atomic E-state index is 15.7. The molecule has 3 aromatic rings. The number of nitrogens with one attached hydrogen (secondary N) is 2. The Morgan fingerprint density at radius 3 is 2.66 bits per heavy atom. The fourth-order valence-corrected chi connectivity index (χ4v) is 5.43. The molecule has 1 aliphatic rings. The number of hydrogen-bond acceptors (Lipinski definition) is 6. The first-order valence-corrected chi connectivity index (χ1v) is 11.5. The van der Waals surface area contributed by atoms with Crippen molar-refractivity contribution in [2.45, 2.75) is 45.3 Å². The quantitative estimate of drug-likeness (QED) is 0.610. The highest BCUT2D eigenvalue weighted by molar-refractivity contribution is 7.18. The predicted octanol–water partition coefficient (Wildman–Crippen LogP) is 2.39. The largest absolute Gasteiger partial charge is 0.370 e. The van der Waals surface area contributed by atoms with Gasteiger partial charge in [0.25, 0.3) is 11.5 Å². The number of halogens is 1. The van der Waals surface area contributed by atoms with Crippen molar-refractivity contribution < 1.29 is 9.18 Å². The van der Waals surface area contributed by atoms with Gasteiger partial charge < -0.3 is 15.2 Å². The van der Waals surface area contributed by atoms with Crippen LogP contribution < -0.4 is 21.5 Å². The van der Waals surface area contributed by atoms with Crippen molar-refractivity contribution >= 4 is 33.1 Å². The number of carbonyl (C=O) groups excluding carboxylic acids is 1. The Kier molecular flexibility index (Phi) is 5.89. The van der Waals surface area contributed by atoms with Crippen molar-refractivity contribution in [2.75, 3.05) is 25.0 Å². The summed E-state index contributed by atoms with van der Waals surface area (Å²) in [7, 11) is 1.56. The third-order valence-electron chi connectivity index (χ3n) is 6.03. The van der Waals surface area contributed by atoms with Crippen molar-refractivity contribution in [1.82, 2.24) is 19.9 Å². The Morgan fingerprint density at radius 2 is 2.03 bits per heavy atom. The summed E-state index contributed by atoms with van der Waals surface area (Å²) in [5.41, 5.74) is 0.319. The van der Waals surface area contributed by atoms with Crippen LogP contribution in [-0.2, 0) is 13.0 Å². The number of piperidine rings is 1. The Hall–Kier alpha value is -3.01. The van der Waals surface area contributed by atoms with Gasteiger partial charge in [0, 0.05) is 38.0 Å². The maximum Gasteiger partial charge on any atom is 0.328 e. The summed E-state index contributed by atoms with van der Waals surface area (Å²) >= 11 is 1.26. The smallest absolute Gasteiger partial charge is 0.328 e. The Balaban J connectivity index is 1.49. The standard InChI is InChI=1S/C22H26FN5O3S/c1-4-28-20(30)18-16(26-21(28)31)11-14(32-18)12-22(23)7-9-27(10-8-22)17-6-5-15(19(29)24-3)25-13(17)2/h5-6,11H,4,7-10,12H2,1-3H3,(H,24,29)(H,26,31). The van der Waals surface area contributed by atoms with E-state index in [1.807, 2.05) is 13.0 Å². The zero-order chi connectivity index (χ0) is 23.0. The van der Waals surface area contributed by atoms with Crippen LogP contribution in [0.25, 0.3) is 10.2 Å². The van der Waals surface area contributed by atoms with Crippen LogP contribution in [0.2, 0.25) is 0 Å². The number of aromatic amines is 1. The van der Waals surface area contributed by atoms with Gasteiger partial charge in [-0.3, -0.25) is 14.2 Å². The van der Waals surface area contributed by atoms with Gasteiger partial charge in [-0.15, -0.1) is 11.3 Å². The van der Waals surface area contributed by atoms with Gasteiger partial charge >= 0.3 is 5.69 Å². The van der Waals surface area contributed by atoms with Gasteiger partial charge in [0.15, 0.2) is 0 Å². The highest BCUT2D eigenvalue weighted by atomic mass is 32.1. The zero-order valence-electron chi connectivity index (χ0n) is 18.3. The lowest BCUT2D eigenvalue weighted by Gasteiger charge is -2.38. The molecule has 1 saturated heterocycles. The second kappa shape index (κ2) is 8.50. The van der Waals surface area contributed by atoms with Crippen molar-refractivity contribution in [3.8, 4) is 0 Å². The average Bonchev–Trinajstić information content (AvgIpc) is 3.16. The zero-order valence-corrected chi connectivity index (χ0v) is 19.1. The molecule has 0 radical (unpaired) electrons. The Labute approximate surface area is 188 Å². The molecule has 0 spiro atoms. The van der Waals surface area contributed by atoms with Crippen molar-refractivity contribution in [3.63, 3.8) is 0 Å². The highest BCUT2D eigenvalue weighted by Crippen LogP contribution is 2.35. The van der Waals surface area contributed by atoms with Crippen LogP contribution in [0.15, 0.2) is 27.8 Å². The van der Waals surface area contributed by atoms with Crippen LogP contribution in [0.5, 0.6) is 0 Å². The molecule has 1 amide bonds. The molecule has 2 N–H and O–H groups in total. The van der Waals surface area contributed by atoms with Crippen LogP contribution >= 0.6 is 11.3 Å². The van der Waals surface area contributed by atoms with E-state index in [1.165, 1.54) is 11.3 Å². The van der Waals surface area contributed by atoms with Crippen LogP contribution in [0.4, 0.5) is 10.1 Å². The summed E-state index contributed by atoms with van der Waals surface area (Å²) in [4.78, 5) is 46.2. The summed E-state index contributed by atoms with van der Waals surface area (Å²) in [6.07, 6.45) is 0.891. The molecule has 3 aromatic heterocycles. The second-order valence-electron chi connectivity index (χ2n) is 8.13. The van der Waals surface area contributed by atoms with E-state index < -0.39 is 11.4 Å². The molecule has 0 unspecified atom stereocenters. The lowest BCUT2D eigenvalue weighted by Crippen LogP contribution is -2.43. The van der Waals surface area contributed by atoms with Crippen LogP contribution in [-0.4, -0.2) is 46.2 Å². The van der Waals surface area contributed by atoms with E-state index in [9.17, 15) is 14.4 Å². The lowest BCUT2D eigenvalue weighted by molar-refractivity contribution is 0.0958. The first-order valence-electron chi connectivity index (χ1n) is 10.6. The number of fused-ring (bicyclic) bond motifs is 1. The number of rotatable bonds is 5. The van der Waals surface area contributed by atoms with E-state index in [-0.39, 0.29) is 17.9 Å². The molecule has 10 heteroatoms. The Morgan fingerprint density at radius 1 is 1.31 bits per heavy atom. The molecule has 1 aliphatic heterocycles. The second-order valence-corrected chi connectivity index (χ2v) is 9.27. The minimum Gasteiger partial charge on any atom is -0.370 e. The molecule has 32 heavy (non-hydrogen) atoms. The van der Waals surface area contributed by atoms with Crippen molar-refractivity contribution in [3.05, 3.63) is 55.3 Å². The van der Waals surface area contributed by atoms with Crippen LogP contribution in [0, 0.1) is 6.92 Å². The molecule has 170 valence electrons. The maximum atomic E-state index is 15.7. The van der Waals surface area contributed by atoms with Gasteiger partial charge in [0.05, 0.1) is 16.9 Å². The number of anilines is 1. The molecule has 0 bridgehead atoms. The highest BCUT2D eigenvalue weighted by Gasteiger charge is 2.36. The van der Waals surface area contributed by atoms with E-state index in [4.69, 9.17) is 0 Å². The molecular formula is C22H26FN5O3S. The first-order chi connectivity index (χ1) is 15.2. The minimum atomic E-state index is -1.38. The number of aryl methyl sites for hydroxylation is 1. The van der Waals surface area contributed by atoms with E-state index in [1.54, 1.807) is 26.1 Å². The number of carbonyl (C=O) groups is 1. The summed E-state index contributed by atoms with van der Waals surface area (Å²) in [5.74, 6) is -0.239. The predicted molar refractivity (Wildman–Crippen MR) is 124 cm³/mol. The van der Waals surface area contributed by atoms with Crippen LogP contribution in [0.1, 0.15) is 40.8 Å². The number of thiophene rings is 1. The molecule has 0 aliphatic carbocycles. The number of aromatic nitrogens is 3. The van der Waals surface area contributed by atoms with E-state index >= 15 is 4.39 Å². The molecule has 4 heterocycles. The van der Waals surface area contributed by atoms with Gasteiger partial charge in [0.1, 0.15) is 16.1 Å². The molecule has 4 rings (SSSR count). The fraction of sp³-hybridized carbons (Fsp3) is 0.455. The van der Waals surface area contributed by atoms with Gasteiger partial charge in [-0.1, -0.05) is 0 Å². The number of alkyl halides is 1. The van der Waals surface area contributed by atoms with Gasteiger partial charge in [-0.2, -0.15) is 0 Å². The number of hydrogen-bond donors (Lipinski definition) is 2. The van der Waals surface area contributed by atoms with E-state index in [0.29, 0.717) is 48.4 Å². The third-order valence-corrected chi connectivity index (χ3v) is 7.16. The molecule has 0 atom stereocenters. The fourth-order valence-electron chi connectivity index (χ4n) is 4.25. The summed E-state index contributed by atoms with van der Waals surface area (Å²) in [5, 5.41) is 2.56. The van der Waals surface area contributed by atoms with Crippen LogP contribution in [0.3, 0.4) is 0 Å². The third kappa shape index (κ3) is 4.06. The topological polar surface area (TPSA) is 100 Å². The average molecular weight is 460 g/mol. The van der Waals surface area contributed by atoms with E-state index in [2.05, 4.69) is 20.2 Å². The van der Waals surface area contributed by atoms with Crippen molar-refractivity contribution in [2.24, 2.45) is 0 Å². The minimum absolute atomic E-state index is 0.209. The molecule has 0 aromatic carbocycles. The number of pyridine rings is 1. The number of amides is 1. The molecule has 8 nitrogen and oxygen atoms in total. The lowest BCUT2D eigenvalue weighted by atomic mass is 9.89. The van der Waals surface area contributed by atoms with Gasteiger partial charge in [-0.05, 0) is 44.9 Å². The Bertz CT molecular complexity index is 1290. The molecular weight excluding hydrogens is 433 g/mol. The molecule has 1 fully saturated rings. The monoisotopic (exact) mass is 459 g/mol. The molecule has 0 saturated carbocycles.